The lowest BCUT2D eigenvalue weighted by atomic mass is 9.88. The van der Waals surface area contributed by atoms with Gasteiger partial charge in [0.05, 0.1) is 6.61 Å². The molecule has 1 atom stereocenters. The zero-order chi connectivity index (χ0) is 11.8. The highest BCUT2D eigenvalue weighted by Crippen LogP contribution is 2.21. The molecule has 0 bridgehead atoms. The van der Waals surface area contributed by atoms with Crippen molar-refractivity contribution in [3.8, 4) is 0 Å². The minimum atomic E-state index is -0.153. The highest BCUT2D eigenvalue weighted by atomic mass is 16.5. The Balaban J connectivity index is 4.04. The number of Topliss-reactive ketones (excluding diaryl/α,β-unsaturated/α-hetero) is 1. The summed E-state index contributed by atoms with van der Waals surface area (Å²) in [7, 11) is 0. The Labute approximate surface area is 92.2 Å². The van der Waals surface area contributed by atoms with Crippen LogP contribution >= 0.6 is 0 Å². The number of rotatable bonds is 7. The predicted octanol–water partition coefficient (Wildman–Crippen LogP) is 2.58. The molecule has 0 aromatic heterocycles. The first-order valence-corrected chi connectivity index (χ1v) is 5.62. The highest BCUT2D eigenvalue weighted by Gasteiger charge is 2.18. The van der Waals surface area contributed by atoms with E-state index in [4.69, 9.17) is 4.74 Å². The van der Waals surface area contributed by atoms with Gasteiger partial charge in [-0.05, 0) is 32.1 Å². The van der Waals surface area contributed by atoms with Gasteiger partial charge >= 0.3 is 5.97 Å². The van der Waals surface area contributed by atoms with Crippen LogP contribution in [0, 0.1) is 11.8 Å². The largest absolute Gasteiger partial charge is 0.466 e. The van der Waals surface area contributed by atoms with E-state index in [1.165, 1.54) is 0 Å². The molecule has 0 N–H and O–H groups in total. The predicted molar refractivity (Wildman–Crippen MR) is 59.5 cm³/mol. The molecule has 0 radical (unpaired) electrons. The third-order valence-corrected chi connectivity index (χ3v) is 2.54. The average Bonchev–Trinajstić information content (AvgIpc) is 2.11. The molecular formula is C12H22O3. The molecule has 0 aliphatic rings. The summed E-state index contributed by atoms with van der Waals surface area (Å²) in [5.41, 5.74) is 0. The normalized spacial score (nSPS) is 12.6. The molecule has 0 aliphatic heterocycles. The van der Waals surface area contributed by atoms with E-state index >= 15 is 0 Å². The van der Waals surface area contributed by atoms with Gasteiger partial charge in [0, 0.05) is 12.8 Å². The maximum atomic E-state index is 11.3. The van der Waals surface area contributed by atoms with Crippen LogP contribution in [-0.2, 0) is 14.3 Å². The van der Waals surface area contributed by atoms with E-state index in [0.717, 1.165) is 6.42 Å². The SMILES string of the molecule is CCOC(=O)CC(CCC(C)=O)C(C)C. The van der Waals surface area contributed by atoms with Crippen molar-refractivity contribution in [3.05, 3.63) is 0 Å². The number of carbonyl (C=O) groups is 2. The van der Waals surface area contributed by atoms with E-state index in [2.05, 4.69) is 13.8 Å². The van der Waals surface area contributed by atoms with Gasteiger partial charge in [-0.3, -0.25) is 4.79 Å². The molecule has 0 aromatic carbocycles. The van der Waals surface area contributed by atoms with E-state index < -0.39 is 0 Å². The van der Waals surface area contributed by atoms with E-state index in [1.807, 2.05) is 0 Å². The number of ketones is 1. The smallest absolute Gasteiger partial charge is 0.306 e. The Hall–Kier alpha value is -0.860. The minimum Gasteiger partial charge on any atom is -0.466 e. The van der Waals surface area contributed by atoms with Crippen molar-refractivity contribution in [1.29, 1.82) is 0 Å². The molecule has 0 saturated carbocycles. The Morgan fingerprint density at radius 1 is 1.27 bits per heavy atom. The molecule has 0 aliphatic carbocycles. The number of hydrogen-bond acceptors (Lipinski definition) is 3. The highest BCUT2D eigenvalue weighted by molar-refractivity contribution is 5.75. The average molecular weight is 214 g/mol. The van der Waals surface area contributed by atoms with Gasteiger partial charge in [-0.1, -0.05) is 13.8 Å². The van der Waals surface area contributed by atoms with Crippen LogP contribution < -0.4 is 0 Å². The number of carbonyl (C=O) groups excluding carboxylic acids is 2. The van der Waals surface area contributed by atoms with Gasteiger partial charge in [-0.15, -0.1) is 0 Å². The van der Waals surface area contributed by atoms with Gasteiger partial charge in [0.1, 0.15) is 5.78 Å². The van der Waals surface area contributed by atoms with Gasteiger partial charge in [0.2, 0.25) is 0 Å². The summed E-state index contributed by atoms with van der Waals surface area (Å²) in [4.78, 5) is 22.2. The lowest BCUT2D eigenvalue weighted by molar-refractivity contribution is -0.144. The molecule has 0 rings (SSSR count). The monoisotopic (exact) mass is 214 g/mol. The van der Waals surface area contributed by atoms with E-state index in [9.17, 15) is 9.59 Å². The zero-order valence-corrected chi connectivity index (χ0v) is 10.2. The summed E-state index contributed by atoms with van der Waals surface area (Å²) < 4.78 is 4.91. The molecule has 0 saturated heterocycles. The molecule has 0 spiro atoms. The van der Waals surface area contributed by atoms with Crippen molar-refractivity contribution >= 4 is 11.8 Å². The van der Waals surface area contributed by atoms with E-state index in [1.54, 1.807) is 13.8 Å². The first kappa shape index (κ1) is 14.1. The van der Waals surface area contributed by atoms with Crippen molar-refractivity contribution in [2.75, 3.05) is 6.61 Å². The second-order valence-corrected chi connectivity index (χ2v) is 4.25. The van der Waals surface area contributed by atoms with Crippen LogP contribution in [0.15, 0.2) is 0 Å². The molecule has 0 aromatic rings. The summed E-state index contributed by atoms with van der Waals surface area (Å²) in [6, 6.07) is 0. The van der Waals surface area contributed by atoms with Gasteiger partial charge in [0.15, 0.2) is 0 Å². The second kappa shape index (κ2) is 7.43. The Morgan fingerprint density at radius 3 is 2.27 bits per heavy atom. The molecule has 1 unspecified atom stereocenters. The van der Waals surface area contributed by atoms with Crippen LogP contribution in [0.4, 0.5) is 0 Å². The Morgan fingerprint density at radius 2 is 1.87 bits per heavy atom. The lowest BCUT2D eigenvalue weighted by Gasteiger charge is -2.19. The maximum absolute atomic E-state index is 11.3. The Bertz CT molecular complexity index is 209. The van der Waals surface area contributed by atoms with Gasteiger partial charge in [-0.2, -0.15) is 0 Å². The zero-order valence-electron chi connectivity index (χ0n) is 10.2. The minimum absolute atomic E-state index is 0.153. The fraction of sp³-hybridized carbons (Fsp3) is 0.833. The Kier molecular flexibility index (Phi) is 7.01. The van der Waals surface area contributed by atoms with Crippen molar-refractivity contribution in [1.82, 2.24) is 0 Å². The summed E-state index contributed by atoms with van der Waals surface area (Å²) in [5.74, 6) is 0.700. The third kappa shape index (κ3) is 7.11. The quantitative estimate of drug-likeness (QED) is 0.612. The van der Waals surface area contributed by atoms with Crippen LogP contribution in [-0.4, -0.2) is 18.4 Å². The number of hydrogen-bond donors (Lipinski definition) is 0. The molecule has 3 nitrogen and oxygen atoms in total. The van der Waals surface area contributed by atoms with Crippen molar-refractivity contribution in [3.63, 3.8) is 0 Å². The lowest BCUT2D eigenvalue weighted by Crippen LogP contribution is -2.17. The summed E-state index contributed by atoms with van der Waals surface area (Å²) in [6.45, 7) is 7.96. The fourth-order valence-corrected chi connectivity index (χ4v) is 1.49. The molecule has 0 fully saturated rings. The first-order chi connectivity index (χ1) is 6.97. The van der Waals surface area contributed by atoms with Crippen molar-refractivity contribution < 1.29 is 14.3 Å². The van der Waals surface area contributed by atoms with Crippen LogP contribution in [0.3, 0.4) is 0 Å². The van der Waals surface area contributed by atoms with Gasteiger partial charge in [-0.25, -0.2) is 0 Å². The van der Waals surface area contributed by atoms with Crippen LogP contribution in [0.5, 0.6) is 0 Å². The molecule has 88 valence electrons. The van der Waals surface area contributed by atoms with E-state index in [-0.39, 0.29) is 17.7 Å². The molecule has 3 heteroatoms. The third-order valence-electron chi connectivity index (χ3n) is 2.54. The topological polar surface area (TPSA) is 43.4 Å². The molecule has 15 heavy (non-hydrogen) atoms. The van der Waals surface area contributed by atoms with Crippen molar-refractivity contribution in [2.24, 2.45) is 11.8 Å². The summed E-state index contributed by atoms with van der Waals surface area (Å²) >= 11 is 0. The second-order valence-electron chi connectivity index (χ2n) is 4.25. The molecule has 0 heterocycles. The van der Waals surface area contributed by atoms with Crippen LogP contribution in [0.2, 0.25) is 0 Å². The van der Waals surface area contributed by atoms with Crippen LogP contribution in [0.1, 0.15) is 47.0 Å². The maximum Gasteiger partial charge on any atom is 0.306 e. The molecular weight excluding hydrogens is 192 g/mol. The summed E-state index contributed by atoms with van der Waals surface area (Å²) in [6.07, 6.45) is 1.77. The van der Waals surface area contributed by atoms with Gasteiger partial charge < -0.3 is 9.53 Å². The van der Waals surface area contributed by atoms with E-state index in [0.29, 0.717) is 25.4 Å². The standard InChI is InChI=1S/C12H22O3/c1-5-15-12(14)8-11(9(2)3)7-6-10(4)13/h9,11H,5-8H2,1-4H3. The fourth-order valence-electron chi connectivity index (χ4n) is 1.49. The number of ether oxygens (including phenoxy) is 1. The summed E-state index contributed by atoms with van der Waals surface area (Å²) in [5, 5.41) is 0. The van der Waals surface area contributed by atoms with Crippen LogP contribution in [0.25, 0.3) is 0 Å². The van der Waals surface area contributed by atoms with Crippen molar-refractivity contribution in [2.45, 2.75) is 47.0 Å². The number of esters is 1. The molecule has 0 amide bonds. The van der Waals surface area contributed by atoms with Gasteiger partial charge in [0.25, 0.3) is 0 Å². The first-order valence-electron chi connectivity index (χ1n) is 5.62.